The molecule has 0 atom stereocenters. The van der Waals surface area contributed by atoms with E-state index in [1.54, 1.807) is 12.1 Å². The maximum atomic E-state index is 13.5. The van der Waals surface area contributed by atoms with Crippen LogP contribution in [-0.4, -0.2) is 5.91 Å². The van der Waals surface area contributed by atoms with Crippen LogP contribution in [0.15, 0.2) is 40.9 Å². The minimum atomic E-state index is -0.719. The van der Waals surface area contributed by atoms with E-state index in [-0.39, 0.29) is 12.0 Å². The van der Waals surface area contributed by atoms with E-state index in [4.69, 9.17) is 0 Å². The smallest absolute Gasteiger partial charge is 0.229 e. The molecule has 2 rings (SSSR count). The lowest BCUT2D eigenvalue weighted by Gasteiger charge is -2.09. The van der Waals surface area contributed by atoms with E-state index in [0.29, 0.717) is 10.2 Å². The van der Waals surface area contributed by atoms with Crippen molar-refractivity contribution in [2.75, 3.05) is 5.32 Å². The van der Waals surface area contributed by atoms with Gasteiger partial charge < -0.3 is 5.32 Å². The van der Waals surface area contributed by atoms with Gasteiger partial charge in [0.1, 0.15) is 11.6 Å². The summed E-state index contributed by atoms with van der Waals surface area (Å²) < 4.78 is 27.6. The Morgan fingerprint density at radius 2 is 1.85 bits per heavy atom. The van der Waals surface area contributed by atoms with Gasteiger partial charge in [-0.1, -0.05) is 12.1 Å². The summed E-state index contributed by atoms with van der Waals surface area (Å²) in [5, 5.41) is 2.63. The van der Waals surface area contributed by atoms with Gasteiger partial charge in [0.15, 0.2) is 0 Å². The summed E-state index contributed by atoms with van der Waals surface area (Å²) in [6.07, 6.45) is -0.348. The van der Waals surface area contributed by atoms with Crippen LogP contribution >= 0.6 is 15.9 Å². The first kappa shape index (κ1) is 14.7. The van der Waals surface area contributed by atoms with E-state index in [1.165, 1.54) is 6.07 Å². The van der Waals surface area contributed by atoms with Gasteiger partial charge in [-0.05, 0) is 52.7 Å². The SMILES string of the molecule is Cc1ccc(Br)c(NC(=O)Cc2c(F)cccc2F)c1. The molecular weight excluding hydrogens is 328 g/mol. The minimum absolute atomic E-state index is 0.228. The molecule has 0 heterocycles. The van der Waals surface area contributed by atoms with Gasteiger partial charge in [0.2, 0.25) is 5.91 Å². The Morgan fingerprint density at radius 3 is 2.50 bits per heavy atom. The molecule has 2 aromatic rings. The Bertz CT molecular complexity index is 638. The second-order valence-corrected chi connectivity index (χ2v) is 5.26. The van der Waals surface area contributed by atoms with E-state index in [0.717, 1.165) is 17.7 Å². The molecule has 2 aromatic carbocycles. The normalized spacial score (nSPS) is 10.4. The number of anilines is 1. The van der Waals surface area contributed by atoms with Crippen LogP contribution in [0.2, 0.25) is 0 Å². The summed E-state index contributed by atoms with van der Waals surface area (Å²) in [4.78, 5) is 11.9. The number of aryl methyl sites for hydroxylation is 1. The highest BCUT2D eigenvalue weighted by Gasteiger charge is 2.14. The van der Waals surface area contributed by atoms with Crippen molar-refractivity contribution in [3.63, 3.8) is 0 Å². The number of hydrogen-bond acceptors (Lipinski definition) is 1. The molecule has 0 aromatic heterocycles. The molecule has 0 fully saturated rings. The van der Waals surface area contributed by atoms with Gasteiger partial charge in [-0.25, -0.2) is 8.78 Å². The van der Waals surface area contributed by atoms with Crippen LogP contribution in [0.3, 0.4) is 0 Å². The molecule has 2 nitrogen and oxygen atoms in total. The standard InChI is InChI=1S/C15H12BrF2NO/c1-9-5-6-11(16)14(7-9)19-15(20)8-10-12(17)3-2-4-13(10)18/h2-7H,8H2,1H3,(H,19,20). The van der Waals surface area contributed by atoms with Crippen LogP contribution in [0, 0.1) is 18.6 Å². The number of hydrogen-bond donors (Lipinski definition) is 1. The van der Waals surface area contributed by atoms with Crippen molar-refractivity contribution < 1.29 is 13.6 Å². The average Bonchev–Trinajstić information content (AvgIpc) is 2.38. The van der Waals surface area contributed by atoms with Crippen LogP contribution in [0.4, 0.5) is 14.5 Å². The fourth-order valence-corrected chi connectivity index (χ4v) is 2.14. The molecule has 0 aliphatic heterocycles. The highest BCUT2D eigenvalue weighted by atomic mass is 79.9. The molecule has 0 aliphatic carbocycles. The van der Waals surface area contributed by atoms with Crippen molar-refractivity contribution in [2.24, 2.45) is 0 Å². The van der Waals surface area contributed by atoms with E-state index in [9.17, 15) is 13.6 Å². The molecular formula is C15H12BrF2NO. The molecule has 104 valence electrons. The maximum absolute atomic E-state index is 13.5. The van der Waals surface area contributed by atoms with Gasteiger partial charge in [0, 0.05) is 10.0 Å². The summed E-state index contributed by atoms with van der Waals surface area (Å²) in [6, 6.07) is 9.00. The molecule has 20 heavy (non-hydrogen) atoms. The predicted molar refractivity (Wildman–Crippen MR) is 77.6 cm³/mol. The molecule has 1 N–H and O–H groups in total. The molecule has 0 bridgehead atoms. The number of nitrogens with one attached hydrogen (secondary N) is 1. The molecule has 0 spiro atoms. The Balaban J connectivity index is 2.15. The van der Waals surface area contributed by atoms with Crippen molar-refractivity contribution >= 4 is 27.5 Å². The van der Waals surface area contributed by atoms with E-state index in [2.05, 4.69) is 21.2 Å². The van der Waals surface area contributed by atoms with Gasteiger partial charge in [-0.15, -0.1) is 0 Å². The maximum Gasteiger partial charge on any atom is 0.229 e. The predicted octanol–water partition coefficient (Wildman–Crippen LogP) is 4.22. The Hall–Kier alpha value is -1.75. The second kappa shape index (κ2) is 6.13. The third-order valence-electron chi connectivity index (χ3n) is 2.79. The second-order valence-electron chi connectivity index (χ2n) is 4.41. The number of amides is 1. The highest BCUT2D eigenvalue weighted by molar-refractivity contribution is 9.10. The zero-order chi connectivity index (χ0) is 14.7. The Morgan fingerprint density at radius 1 is 1.20 bits per heavy atom. The fraction of sp³-hybridized carbons (Fsp3) is 0.133. The lowest BCUT2D eigenvalue weighted by molar-refractivity contribution is -0.115. The summed E-state index contributed by atoms with van der Waals surface area (Å²) in [5.74, 6) is -1.91. The summed E-state index contributed by atoms with van der Waals surface area (Å²) in [7, 11) is 0. The molecule has 0 radical (unpaired) electrons. The largest absolute Gasteiger partial charge is 0.325 e. The van der Waals surface area contributed by atoms with Crippen molar-refractivity contribution in [1.29, 1.82) is 0 Å². The van der Waals surface area contributed by atoms with Crippen molar-refractivity contribution in [1.82, 2.24) is 0 Å². The molecule has 5 heteroatoms. The van der Waals surface area contributed by atoms with Gasteiger partial charge >= 0.3 is 0 Å². The van der Waals surface area contributed by atoms with E-state index < -0.39 is 17.5 Å². The number of halogens is 3. The zero-order valence-corrected chi connectivity index (χ0v) is 12.3. The van der Waals surface area contributed by atoms with Crippen LogP contribution in [0.5, 0.6) is 0 Å². The summed E-state index contributed by atoms with van der Waals surface area (Å²) in [5.41, 5.74) is 1.32. The zero-order valence-electron chi connectivity index (χ0n) is 10.7. The average molecular weight is 340 g/mol. The van der Waals surface area contributed by atoms with Gasteiger partial charge in [-0.2, -0.15) is 0 Å². The van der Waals surface area contributed by atoms with E-state index in [1.807, 2.05) is 13.0 Å². The van der Waals surface area contributed by atoms with Gasteiger partial charge in [0.25, 0.3) is 0 Å². The molecule has 0 aliphatic rings. The van der Waals surface area contributed by atoms with Crippen molar-refractivity contribution in [2.45, 2.75) is 13.3 Å². The molecule has 0 saturated heterocycles. The quantitative estimate of drug-likeness (QED) is 0.891. The molecule has 0 unspecified atom stereocenters. The number of carbonyl (C=O) groups is 1. The molecule has 1 amide bonds. The number of rotatable bonds is 3. The lowest BCUT2D eigenvalue weighted by Crippen LogP contribution is -2.16. The Labute approximate surface area is 123 Å². The minimum Gasteiger partial charge on any atom is -0.325 e. The molecule has 0 saturated carbocycles. The van der Waals surface area contributed by atoms with Crippen LogP contribution < -0.4 is 5.32 Å². The van der Waals surface area contributed by atoms with Crippen LogP contribution in [-0.2, 0) is 11.2 Å². The third-order valence-corrected chi connectivity index (χ3v) is 3.49. The van der Waals surface area contributed by atoms with E-state index >= 15 is 0 Å². The first-order valence-electron chi connectivity index (χ1n) is 5.96. The lowest BCUT2D eigenvalue weighted by atomic mass is 10.1. The topological polar surface area (TPSA) is 29.1 Å². The van der Waals surface area contributed by atoms with Gasteiger partial charge in [0.05, 0.1) is 12.1 Å². The van der Waals surface area contributed by atoms with Crippen LogP contribution in [0.1, 0.15) is 11.1 Å². The number of benzene rings is 2. The third kappa shape index (κ3) is 3.42. The van der Waals surface area contributed by atoms with Crippen molar-refractivity contribution in [3.8, 4) is 0 Å². The monoisotopic (exact) mass is 339 g/mol. The first-order valence-corrected chi connectivity index (χ1v) is 6.75. The number of carbonyl (C=O) groups excluding carboxylic acids is 1. The van der Waals surface area contributed by atoms with Gasteiger partial charge in [-0.3, -0.25) is 4.79 Å². The van der Waals surface area contributed by atoms with Crippen LogP contribution in [0.25, 0.3) is 0 Å². The highest BCUT2D eigenvalue weighted by Crippen LogP contribution is 2.23. The summed E-state index contributed by atoms with van der Waals surface area (Å²) in [6.45, 7) is 1.89. The first-order chi connectivity index (χ1) is 9.47. The summed E-state index contributed by atoms with van der Waals surface area (Å²) >= 11 is 3.31. The fourth-order valence-electron chi connectivity index (χ4n) is 1.79. The Kier molecular flexibility index (Phi) is 4.49. The van der Waals surface area contributed by atoms with Crippen molar-refractivity contribution in [3.05, 3.63) is 63.6 Å².